The monoisotopic (exact) mass is 241 g/mol. The van der Waals surface area contributed by atoms with Crippen LogP contribution in [0.3, 0.4) is 0 Å². The lowest BCUT2D eigenvalue weighted by Gasteiger charge is -2.11. The quantitative estimate of drug-likeness (QED) is 0.856. The van der Waals surface area contributed by atoms with E-state index in [4.69, 9.17) is 9.26 Å². The van der Waals surface area contributed by atoms with Crippen molar-refractivity contribution in [2.45, 2.75) is 46.1 Å². The first-order valence-electron chi connectivity index (χ1n) is 5.85. The molecule has 1 atom stereocenters. The van der Waals surface area contributed by atoms with Crippen LogP contribution in [0.4, 0.5) is 4.79 Å². The highest BCUT2D eigenvalue weighted by Crippen LogP contribution is 2.17. The summed E-state index contributed by atoms with van der Waals surface area (Å²) < 4.78 is 9.94. The normalized spacial score (nSPS) is 12.5. The molecule has 0 saturated carbocycles. The van der Waals surface area contributed by atoms with Gasteiger partial charge in [-0.3, -0.25) is 0 Å². The molecule has 1 N–H and O–H groups in total. The van der Waals surface area contributed by atoms with Gasteiger partial charge in [-0.15, -0.1) is 0 Å². The Morgan fingerprint density at radius 1 is 1.47 bits per heavy atom. The Morgan fingerprint density at radius 3 is 2.65 bits per heavy atom. The second-order valence-corrected chi connectivity index (χ2v) is 3.97. The van der Waals surface area contributed by atoms with Crippen LogP contribution in [0.15, 0.2) is 4.52 Å². The highest BCUT2D eigenvalue weighted by molar-refractivity contribution is 5.67. The molecule has 0 saturated heterocycles. The molecule has 0 aliphatic carbocycles. The van der Waals surface area contributed by atoms with Gasteiger partial charge < -0.3 is 14.6 Å². The maximum absolute atomic E-state index is 11.3. The maximum atomic E-state index is 11.3. The molecule has 96 valence electrons. The van der Waals surface area contributed by atoms with Crippen LogP contribution in [0, 0.1) is 0 Å². The fourth-order valence-electron chi connectivity index (χ4n) is 1.28. The van der Waals surface area contributed by atoms with Crippen LogP contribution in [-0.4, -0.2) is 22.8 Å². The van der Waals surface area contributed by atoms with Gasteiger partial charge in [-0.1, -0.05) is 25.9 Å². The van der Waals surface area contributed by atoms with Gasteiger partial charge in [0.05, 0.1) is 6.61 Å². The lowest BCUT2D eigenvalue weighted by molar-refractivity contribution is 0.145. The molecule has 1 aromatic heterocycles. The zero-order valence-electron chi connectivity index (χ0n) is 10.7. The van der Waals surface area contributed by atoms with Gasteiger partial charge in [-0.25, -0.2) is 4.79 Å². The minimum Gasteiger partial charge on any atom is -0.450 e. The summed E-state index contributed by atoms with van der Waals surface area (Å²) in [6.45, 7) is 7.98. The minimum absolute atomic E-state index is 0.201. The first kappa shape index (κ1) is 13.5. The number of carbonyl (C=O) groups is 1. The summed E-state index contributed by atoms with van der Waals surface area (Å²) in [5.41, 5.74) is 0. The van der Waals surface area contributed by atoms with Crippen LogP contribution < -0.4 is 5.32 Å². The van der Waals surface area contributed by atoms with Gasteiger partial charge in [0.15, 0.2) is 5.82 Å². The summed E-state index contributed by atoms with van der Waals surface area (Å²) in [6.07, 6.45) is 0.196. The average molecular weight is 241 g/mol. The van der Waals surface area contributed by atoms with E-state index >= 15 is 0 Å². The molecule has 1 aromatic rings. The van der Waals surface area contributed by atoms with Crippen molar-refractivity contribution < 1.29 is 14.1 Å². The number of alkyl carbamates (subject to hydrolysis) is 1. The molecule has 0 aromatic carbocycles. The van der Waals surface area contributed by atoms with Gasteiger partial charge in [-0.2, -0.15) is 4.98 Å². The van der Waals surface area contributed by atoms with E-state index in [1.807, 2.05) is 20.8 Å². The smallest absolute Gasteiger partial charge is 0.407 e. The molecule has 0 fully saturated rings. The average Bonchev–Trinajstić information content (AvgIpc) is 2.75. The van der Waals surface area contributed by atoms with Crippen molar-refractivity contribution >= 4 is 6.09 Å². The summed E-state index contributed by atoms with van der Waals surface area (Å²) in [7, 11) is 0. The predicted octanol–water partition coefficient (Wildman–Crippen LogP) is 2.39. The highest BCUT2D eigenvalue weighted by atomic mass is 16.5. The van der Waals surface area contributed by atoms with Gasteiger partial charge in [0.2, 0.25) is 5.89 Å². The molecule has 0 aliphatic heterocycles. The molecule has 1 heterocycles. The Balaban J connectivity index is 2.68. The van der Waals surface area contributed by atoms with Crippen LogP contribution in [0.1, 0.15) is 57.8 Å². The Bertz CT molecular complexity index is 363. The Hall–Kier alpha value is -1.59. The van der Waals surface area contributed by atoms with E-state index in [1.165, 1.54) is 0 Å². The molecule has 0 radical (unpaired) electrons. The summed E-state index contributed by atoms with van der Waals surface area (Å²) in [5.74, 6) is 1.26. The minimum atomic E-state index is -0.469. The lowest BCUT2D eigenvalue weighted by atomic mass is 10.2. The predicted molar refractivity (Wildman–Crippen MR) is 61.6 cm³/mol. The van der Waals surface area contributed by atoms with Gasteiger partial charge in [0.25, 0.3) is 0 Å². The van der Waals surface area contributed by atoms with Crippen molar-refractivity contribution in [2.75, 3.05) is 6.61 Å². The van der Waals surface area contributed by atoms with E-state index < -0.39 is 6.09 Å². The number of rotatable bonds is 5. The largest absolute Gasteiger partial charge is 0.450 e. The zero-order chi connectivity index (χ0) is 12.8. The Morgan fingerprint density at radius 2 is 2.18 bits per heavy atom. The number of hydrogen-bond donors (Lipinski definition) is 1. The van der Waals surface area contributed by atoms with Gasteiger partial charge in [0, 0.05) is 5.92 Å². The molecule has 17 heavy (non-hydrogen) atoms. The third-order valence-electron chi connectivity index (χ3n) is 2.25. The van der Waals surface area contributed by atoms with Crippen LogP contribution in [0.5, 0.6) is 0 Å². The Labute approximate surface area is 101 Å². The van der Waals surface area contributed by atoms with Crippen LogP contribution >= 0.6 is 0 Å². The first-order chi connectivity index (χ1) is 8.08. The maximum Gasteiger partial charge on any atom is 0.407 e. The fourth-order valence-corrected chi connectivity index (χ4v) is 1.28. The molecule has 1 rings (SSSR count). The van der Waals surface area contributed by atoms with Crippen molar-refractivity contribution in [1.82, 2.24) is 15.5 Å². The summed E-state index contributed by atoms with van der Waals surface area (Å²) >= 11 is 0. The Kier molecular flexibility index (Phi) is 4.93. The number of nitrogens with one attached hydrogen (secondary N) is 1. The third-order valence-corrected chi connectivity index (χ3v) is 2.25. The van der Waals surface area contributed by atoms with E-state index in [1.54, 1.807) is 6.92 Å². The van der Waals surface area contributed by atoms with Crippen molar-refractivity contribution in [1.29, 1.82) is 0 Å². The third kappa shape index (κ3) is 3.72. The van der Waals surface area contributed by atoms with Crippen molar-refractivity contribution in [3.63, 3.8) is 0 Å². The van der Waals surface area contributed by atoms with Crippen LogP contribution in [-0.2, 0) is 4.74 Å². The molecule has 1 amide bonds. The number of ether oxygens (including phenoxy) is 1. The van der Waals surface area contributed by atoms with Gasteiger partial charge in [-0.05, 0) is 13.3 Å². The standard InChI is InChI=1S/C11H19N3O3/c1-5-8(12-11(15)16-6-2)10-13-9(7(3)4)14-17-10/h7-8H,5-6H2,1-4H3,(H,12,15). The van der Waals surface area contributed by atoms with E-state index in [0.717, 1.165) is 0 Å². The highest BCUT2D eigenvalue weighted by Gasteiger charge is 2.20. The van der Waals surface area contributed by atoms with Crippen molar-refractivity contribution in [3.05, 3.63) is 11.7 Å². The molecular weight excluding hydrogens is 222 g/mol. The van der Waals surface area contributed by atoms with Crippen LogP contribution in [0.25, 0.3) is 0 Å². The van der Waals surface area contributed by atoms with Crippen molar-refractivity contribution in [3.8, 4) is 0 Å². The molecule has 0 spiro atoms. The number of hydrogen-bond acceptors (Lipinski definition) is 5. The van der Waals surface area contributed by atoms with E-state index in [9.17, 15) is 4.79 Å². The number of nitrogens with zero attached hydrogens (tertiary/aromatic N) is 2. The topological polar surface area (TPSA) is 77.2 Å². The van der Waals surface area contributed by atoms with Gasteiger partial charge >= 0.3 is 6.09 Å². The summed E-state index contributed by atoms with van der Waals surface area (Å²) in [4.78, 5) is 15.5. The number of aromatic nitrogens is 2. The summed E-state index contributed by atoms with van der Waals surface area (Å²) in [6, 6.07) is -0.297. The summed E-state index contributed by atoms with van der Waals surface area (Å²) in [5, 5.41) is 6.54. The fraction of sp³-hybridized carbons (Fsp3) is 0.727. The van der Waals surface area contributed by atoms with E-state index in [-0.39, 0.29) is 12.0 Å². The SMILES string of the molecule is CCOC(=O)NC(CC)c1nc(C(C)C)no1. The van der Waals surface area contributed by atoms with Gasteiger partial charge in [0.1, 0.15) is 6.04 Å². The first-order valence-corrected chi connectivity index (χ1v) is 5.85. The second-order valence-electron chi connectivity index (χ2n) is 3.97. The molecule has 0 aliphatic rings. The molecule has 0 bridgehead atoms. The van der Waals surface area contributed by atoms with E-state index in [0.29, 0.717) is 24.7 Å². The number of carbonyl (C=O) groups excluding carboxylic acids is 1. The molecule has 1 unspecified atom stereocenters. The molecule has 6 nitrogen and oxygen atoms in total. The van der Waals surface area contributed by atoms with Crippen LogP contribution in [0.2, 0.25) is 0 Å². The lowest BCUT2D eigenvalue weighted by Crippen LogP contribution is -2.29. The molecule has 6 heteroatoms. The van der Waals surface area contributed by atoms with Crippen molar-refractivity contribution in [2.24, 2.45) is 0 Å². The zero-order valence-corrected chi connectivity index (χ0v) is 10.7. The van der Waals surface area contributed by atoms with E-state index in [2.05, 4.69) is 15.5 Å². The second kappa shape index (κ2) is 6.22. The molecular formula is C11H19N3O3. The number of amides is 1.